The monoisotopic (exact) mass is 283 g/mol. The van der Waals surface area contributed by atoms with E-state index >= 15 is 0 Å². The zero-order valence-corrected chi connectivity index (χ0v) is 11.6. The van der Waals surface area contributed by atoms with Gasteiger partial charge in [-0.3, -0.25) is 14.6 Å². The van der Waals surface area contributed by atoms with E-state index in [1.54, 1.807) is 43.0 Å². The molecule has 106 valence electrons. The van der Waals surface area contributed by atoms with Crippen molar-refractivity contribution >= 4 is 11.6 Å². The summed E-state index contributed by atoms with van der Waals surface area (Å²) < 4.78 is 3.22. The minimum atomic E-state index is -0.577. The summed E-state index contributed by atoms with van der Waals surface area (Å²) in [6.45, 7) is 1.76. The standard InChI is InChI=1S/C14H13N5O2/c1-8-13(14(15)21)17-11-6-16-10(7-19(8)11)9-3-4-18(2)12(20)5-9/h3-7H,1-2H3,(H2,15,21). The van der Waals surface area contributed by atoms with Gasteiger partial charge in [-0.25, -0.2) is 4.98 Å². The molecule has 0 bridgehead atoms. The number of aryl methyl sites for hydroxylation is 2. The van der Waals surface area contributed by atoms with Crippen molar-refractivity contribution in [1.29, 1.82) is 0 Å². The van der Waals surface area contributed by atoms with Gasteiger partial charge in [-0.1, -0.05) is 0 Å². The molecular formula is C14H13N5O2. The molecule has 1 amide bonds. The first kappa shape index (κ1) is 13.0. The quantitative estimate of drug-likeness (QED) is 0.741. The molecule has 3 heterocycles. The normalized spacial score (nSPS) is 11.0. The summed E-state index contributed by atoms with van der Waals surface area (Å²) in [5.74, 6) is -0.577. The van der Waals surface area contributed by atoms with E-state index in [0.29, 0.717) is 22.6 Å². The molecule has 3 rings (SSSR count). The molecule has 2 N–H and O–H groups in total. The van der Waals surface area contributed by atoms with Gasteiger partial charge in [0.2, 0.25) is 0 Å². The number of carbonyl (C=O) groups excluding carboxylic acids is 1. The first-order valence-corrected chi connectivity index (χ1v) is 6.29. The Balaban J connectivity index is 2.20. The van der Waals surface area contributed by atoms with Crippen molar-refractivity contribution in [1.82, 2.24) is 18.9 Å². The van der Waals surface area contributed by atoms with Crippen LogP contribution < -0.4 is 11.3 Å². The number of hydrogen-bond acceptors (Lipinski definition) is 4. The summed E-state index contributed by atoms with van der Waals surface area (Å²) in [5.41, 5.74) is 7.89. The largest absolute Gasteiger partial charge is 0.364 e. The lowest BCUT2D eigenvalue weighted by Gasteiger charge is -2.04. The van der Waals surface area contributed by atoms with E-state index in [-0.39, 0.29) is 11.3 Å². The van der Waals surface area contributed by atoms with Crippen LogP contribution >= 0.6 is 0 Å². The fraction of sp³-hybridized carbons (Fsp3) is 0.143. The average Bonchev–Trinajstić information content (AvgIpc) is 2.79. The zero-order chi connectivity index (χ0) is 15.1. The van der Waals surface area contributed by atoms with Crippen LogP contribution in [0.1, 0.15) is 16.2 Å². The second-order valence-electron chi connectivity index (χ2n) is 4.78. The van der Waals surface area contributed by atoms with E-state index in [1.165, 1.54) is 10.6 Å². The van der Waals surface area contributed by atoms with Gasteiger partial charge in [0.05, 0.1) is 17.6 Å². The number of rotatable bonds is 2. The van der Waals surface area contributed by atoms with E-state index in [0.717, 1.165) is 0 Å². The minimum Gasteiger partial charge on any atom is -0.364 e. The summed E-state index contributed by atoms with van der Waals surface area (Å²) in [6.07, 6.45) is 4.96. The molecule has 0 aliphatic carbocycles. The average molecular weight is 283 g/mol. The Labute approximate surface area is 119 Å². The maximum Gasteiger partial charge on any atom is 0.269 e. The van der Waals surface area contributed by atoms with E-state index in [9.17, 15) is 9.59 Å². The molecule has 0 aliphatic rings. The van der Waals surface area contributed by atoms with Crippen molar-refractivity contribution in [2.24, 2.45) is 12.8 Å². The molecule has 0 radical (unpaired) electrons. The third-order valence-corrected chi connectivity index (χ3v) is 3.38. The van der Waals surface area contributed by atoms with Crippen LogP contribution in [-0.2, 0) is 7.05 Å². The maximum absolute atomic E-state index is 11.7. The summed E-state index contributed by atoms with van der Waals surface area (Å²) in [6, 6.07) is 3.31. The maximum atomic E-state index is 11.7. The summed E-state index contributed by atoms with van der Waals surface area (Å²) in [5, 5.41) is 0. The van der Waals surface area contributed by atoms with Crippen LogP contribution in [0, 0.1) is 6.92 Å². The Hall–Kier alpha value is -2.96. The number of amides is 1. The van der Waals surface area contributed by atoms with Crippen molar-refractivity contribution in [2.75, 3.05) is 0 Å². The molecule has 3 aromatic rings. The van der Waals surface area contributed by atoms with Gasteiger partial charge in [-0.05, 0) is 13.0 Å². The first-order valence-electron chi connectivity index (χ1n) is 6.29. The van der Waals surface area contributed by atoms with E-state index in [4.69, 9.17) is 5.73 Å². The number of nitrogens with zero attached hydrogens (tertiary/aromatic N) is 4. The lowest BCUT2D eigenvalue weighted by atomic mass is 10.2. The fourth-order valence-corrected chi connectivity index (χ4v) is 2.16. The van der Waals surface area contributed by atoms with Crippen LogP contribution in [-0.4, -0.2) is 24.8 Å². The molecule has 0 aromatic carbocycles. The van der Waals surface area contributed by atoms with Gasteiger partial charge in [0, 0.05) is 31.1 Å². The van der Waals surface area contributed by atoms with Crippen molar-refractivity contribution < 1.29 is 4.79 Å². The van der Waals surface area contributed by atoms with E-state index in [1.807, 2.05) is 0 Å². The molecule has 0 atom stereocenters. The molecule has 0 aliphatic heterocycles. The molecule has 21 heavy (non-hydrogen) atoms. The van der Waals surface area contributed by atoms with Crippen LogP contribution in [0.4, 0.5) is 0 Å². The molecule has 3 aromatic heterocycles. The first-order chi connectivity index (χ1) is 9.97. The molecule has 0 unspecified atom stereocenters. The SMILES string of the molecule is Cc1c(C(N)=O)nc2cnc(-c3ccn(C)c(=O)c3)cn12. The third kappa shape index (κ3) is 2.08. The number of imidazole rings is 1. The highest BCUT2D eigenvalue weighted by molar-refractivity contribution is 5.92. The minimum absolute atomic E-state index is 0.116. The van der Waals surface area contributed by atoms with Crippen LogP contribution in [0.5, 0.6) is 0 Å². The summed E-state index contributed by atoms with van der Waals surface area (Å²) >= 11 is 0. The Morgan fingerprint density at radius 2 is 2.14 bits per heavy atom. The smallest absolute Gasteiger partial charge is 0.269 e. The van der Waals surface area contributed by atoms with Crippen LogP contribution in [0.3, 0.4) is 0 Å². The predicted molar refractivity (Wildman–Crippen MR) is 76.9 cm³/mol. The van der Waals surface area contributed by atoms with Crippen LogP contribution in [0.15, 0.2) is 35.5 Å². The highest BCUT2D eigenvalue weighted by Gasteiger charge is 2.14. The highest BCUT2D eigenvalue weighted by Crippen LogP contribution is 2.17. The summed E-state index contributed by atoms with van der Waals surface area (Å²) in [4.78, 5) is 31.4. The Morgan fingerprint density at radius 1 is 1.38 bits per heavy atom. The van der Waals surface area contributed by atoms with Crippen molar-refractivity contribution in [3.05, 3.63) is 52.5 Å². The molecule has 0 spiro atoms. The fourth-order valence-electron chi connectivity index (χ4n) is 2.16. The van der Waals surface area contributed by atoms with Gasteiger partial charge in [0.1, 0.15) is 5.69 Å². The van der Waals surface area contributed by atoms with Crippen molar-refractivity contribution in [2.45, 2.75) is 6.92 Å². The number of pyridine rings is 1. The topological polar surface area (TPSA) is 95.3 Å². The van der Waals surface area contributed by atoms with Gasteiger partial charge in [-0.2, -0.15) is 0 Å². The highest BCUT2D eigenvalue weighted by atomic mass is 16.1. The van der Waals surface area contributed by atoms with Crippen molar-refractivity contribution in [3.8, 4) is 11.3 Å². The third-order valence-electron chi connectivity index (χ3n) is 3.38. The number of primary amides is 1. The van der Waals surface area contributed by atoms with E-state index < -0.39 is 5.91 Å². The van der Waals surface area contributed by atoms with Gasteiger partial charge in [-0.15, -0.1) is 0 Å². The van der Waals surface area contributed by atoms with Gasteiger partial charge in [0.15, 0.2) is 5.65 Å². The number of hydrogen-bond donors (Lipinski definition) is 1. The Morgan fingerprint density at radius 3 is 2.81 bits per heavy atom. The zero-order valence-electron chi connectivity index (χ0n) is 11.6. The second kappa shape index (κ2) is 4.55. The van der Waals surface area contributed by atoms with Crippen LogP contribution in [0.25, 0.3) is 16.9 Å². The van der Waals surface area contributed by atoms with Gasteiger partial charge in [0.25, 0.3) is 11.5 Å². The van der Waals surface area contributed by atoms with Gasteiger partial charge >= 0.3 is 0 Å². The Kier molecular flexibility index (Phi) is 2.83. The molecule has 0 fully saturated rings. The second-order valence-corrected chi connectivity index (χ2v) is 4.78. The number of nitrogens with two attached hydrogens (primary N) is 1. The molecular weight excluding hydrogens is 270 g/mol. The van der Waals surface area contributed by atoms with Crippen LogP contribution in [0.2, 0.25) is 0 Å². The molecule has 7 heteroatoms. The predicted octanol–water partition coefficient (Wildman–Crippen LogP) is 0.502. The molecule has 7 nitrogen and oxygen atoms in total. The number of carbonyl (C=O) groups is 1. The summed E-state index contributed by atoms with van der Waals surface area (Å²) in [7, 11) is 1.68. The van der Waals surface area contributed by atoms with Crippen molar-refractivity contribution in [3.63, 3.8) is 0 Å². The lowest BCUT2D eigenvalue weighted by Crippen LogP contribution is -2.14. The van der Waals surface area contributed by atoms with Gasteiger partial charge < -0.3 is 14.7 Å². The Bertz CT molecular complexity index is 923. The van der Waals surface area contributed by atoms with E-state index in [2.05, 4.69) is 9.97 Å². The molecule has 0 saturated carbocycles. The molecule has 0 saturated heterocycles. The number of fused-ring (bicyclic) bond motifs is 1. The number of aromatic nitrogens is 4. The lowest BCUT2D eigenvalue weighted by molar-refractivity contribution is 0.0995.